The molecule has 7 heteroatoms. The van der Waals surface area contributed by atoms with Crippen LogP contribution in [0.15, 0.2) is 12.1 Å². The molecule has 0 radical (unpaired) electrons. The monoisotopic (exact) mass is 381 g/mol. The number of piperazine rings is 1. The summed E-state index contributed by atoms with van der Waals surface area (Å²) in [4.78, 5) is 14.9. The zero-order chi connectivity index (χ0) is 19.6. The molecule has 1 saturated heterocycles. The summed E-state index contributed by atoms with van der Waals surface area (Å²) in [5.41, 5.74) is 1.12. The Labute approximate surface area is 162 Å². The van der Waals surface area contributed by atoms with E-state index in [9.17, 15) is 4.79 Å². The lowest BCUT2D eigenvalue weighted by molar-refractivity contribution is -1.02. The number of benzene rings is 1. The van der Waals surface area contributed by atoms with Crippen molar-refractivity contribution in [1.82, 2.24) is 5.32 Å². The van der Waals surface area contributed by atoms with E-state index < -0.39 is 0 Å². The molecule has 0 spiro atoms. The third-order valence-electron chi connectivity index (χ3n) is 5.15. The Balaban J connectivity index is 1.88. The lowest BCUT2D eigenvalue weighted by atomic mass is 10.1. The fraction of sp³-hybridized carbons (Fsp3) is 0.650. The van der Waals surface area contributed by atoms with E-state index in [0.29, 0.717) is 18.0 Å². The van der Waals surface area contributed by atoms with E-state index in [0.717, 1.165) is 63.4 Å². The van der Waals surface area contributed by atoms with Crippen molar-refractivity contribution < 1.29 is 28.8 Å². The highest BCUT2D eigenvalue weighted by Crippen LogP contribution is 2.39. The second-order valence-electron chi connectivity index (χ2n) is 7.05. The maximum Gasteiger partial charge on any atom is 0.275 e. The van der Waals surface area contributed by atoms with Gasteiger partial charge in [0.15, 0.2) is 18.0 Å². The lowest BCUT2D eigenvalue weighted by Crippen LogP contribution is -3.28. The number of hydrogen-bond donors (Lipinski definition) is 3. The Morgan fingerprint density at radius 2 is 1.67 bits per heavy atom. The van der Waals surface area contributed by atoms with Gasteiger partial charge in [-0.15, -0.1) is 0 Å². The van der Waals surface area contributed by atoms with Crippen LogP contribution in [0.4, 0.5) is 0 Å². The minimum atomic E-state index is 0.170. The van der Waals surface area contributed by atoms with Crippen LogP contribution < -0.4 is 29.3 Å². The van der Waals surface area contributed by atoms with Crippen LogP contribution in [-0.2, 0) is 11.3 Å². The van der Waals surface area contributed by atoms with Gasteiger partial charge in [-0.1, -0.05) is 13.3 Å². The SMILES string of the molecule is CCCCNC(=O)C[NH+]1CC[NH+](Cc2ccc(OC)c(OC)c2OC)CC1. The average Bonchev–Trinajstić information content (AvgIpc) is 2.69. The molecule has 1 aromatic rings. The van der Waals surface area contributed by atoms with Crippen LogP contribution in [0, 0.1) is 0 Å². The Morgan fingerprint density at radius 3 is 2.26 bits per heavy atom. The molecule has 0 unspecified atom stereocenters. The molecule has 1 aliphatic heterocycles. The summed E-state index contributed by atoms with van der Waals surface area (Å²) in [6.07, 6.45) is 2.15. The Hall–Kier alpha value is -1.99. The Morgan fingerprint density at radius 1 is 1.00 bits per heavy atom. The molecule has 1 amide bonds. The molecule has 152 valence electrons. The number of nitrogens with one attached hydrogen (secondary N) is 3. The Bertz CT molecular complexity index is 601. The van der Waals surface area contributed by atoms with Crippen molar-refractivity contribution in [3.63, 3.8) is 0 Å². The second-order valence-corrected chi connectivity index (χ2v) is 7.05. The van der Waals surface area contributed by atoms with Crippen LogP contribution in [0.5, 0.6) is 17.2 Å². The highest BCUT2D eigenvalue weighted by Gasteiger charge is 2.26. The number of unbranched alkanes of at least 4 members (excludes halogenated alkanes) is 1. The highest BCUT2D eigenvalue weighted by molar-refractivity contribution is 5.76. The summed E-state index contributed by atoms with van der Waals surface area (Å²) in [5.74, 6) is 2.24. The largest absolute Gasteiger partial charge is 0.493 e. The zero-order valence-electron chi connectivity index (χ0n) is 17.2. The lowest BCUT2D eigenvalue weighted by Gasteiger charge is -2.29. The van der Waals surface area contributed by atoms with Crippen molar-refractivity contribution in [3.05, 3.63) is 17.7 Å². The second kappa shape index (κ2) is 11.0. The minimum absolute atomic E-state index is 0.170. The van der Waals surface area contributed by atoms with E-state index in [1.54, 1.807) is 21.3 Å². The number of hydrogen-bond acceptors (Lipinski definition) is 4. The van der Waals surface area contributed by atoms with Gasteiger partial charge in [-0.3, -0.25) is 4.79 Å². The van der Waals surface area contributed by atoms with Crippen LogP contribution >= 0.6 is 0 Å². The highest BCUT2D eigenvalue weighted by atomic mass is 16.5. The molecule has 0 aliphatic carbocycles. The number of quaternary nitrogens is 2. The summed E-state index contributed by atoms with van der Waals surface area (Å²) in [6.45, 7) is 8.46. The van der Waals surface area contributed by atoms with Crippen molar-refractivity contribution in [1.29, 1.82) is 0 Å². The number of carbonyl (C=O) groups excluding carboxylic acids is 1. The van der Waals surface area contributed by atoms with Gasteiger partial charge in [-0.25, -0.2) is 0 Å². The maximum atomic E-state index is 12.0. The van der Waals surface area contributed by atoms with E-state index in [1.165, 1.54) is 9.80 Å². The Kier molecular flexibility index (Phi) is 8.67. The number of carbonyl (C=O) groups is 1. The van der Waals surface area contributed by atoms with Gasteiger partial charge in [-0.05, 0) is 18.6 Å². The third-order valence-corrected chi connectivity index (χ3v) is 5.15. The molecule has 0 atom stereocenters. The molecule has 1 aliphatic rings. The van der Waals surface area contributed by atoms with Crippen LogP contribution in [0.1, 0.15) is 25.3 Å². The van der Waals surface area contributed by atoms with Crippen molar-refractivity contribution in [2.75, 3.05) is 60.6 Å². The van der Waals surface area contributed by atoms with Gasteiger partial charge in [0.1, 0.15) is 32.7 Å². The van der Waals surface area contributed by atoms with Crippen LogP contribution in [0.2, 0.25) is 0 Å². The number of rotatable bonds is 10. The van der Waals surface area contributed by atoms with Crippen molar-refractivity contribution in [2.45, 2.75) is 26.3 Å². The molecule has 0 aromatic heterocycles. The number of methoxy groups -OCH3 is 3. The van der Waals surface area contributed by atoms with E-state index in [1.807, 2.05) is 12.1 Å². The van der Waals surface area contributed by atoms with Gasteiger partial charge in [0.05, 0.1) is 26.9 Å². The van der Waals surface area contributed by atoms with E-state index in [4.69, 9.17) is 14.2 Å². The predicted octanol–water partition coefficient (Wildman–Crippen LogP) is -1.09. The van der Waals surface area contributed by atoms with Crippen LogP contribution in [0.3, 0.4) is 0 Å². The summed E-state index contributed by atoms with van der Waals surface area (Å²) in [6, 6.07) is 3.98. The van der Waals surface area contributed by atoms with Crippen LogP contribution in [-0.4, -0.2) is 66.5 Å². The van der Waals surface area contributed by atoms with Crippen LogP contribution in [0.25, 0.3) is 0 Å². The average molecular weight is 382 g/mol. The third kappa shape index (κ3) is 6.01. The first-order chi connectivity index (χ1) is 13.1. The smallest absolute Gasteiger partial charge is 0.275 e. The molecule has 1 heterocycles. The number of amides is 1. The van der Waals surface area contributed by atoms with Crippen molar-refractivity contribution >= 4 is 5.91 Å². The normalized spacial score (nSPS) is 19.4. The summed E-state index contributed by atoms with van der Waals surface area (Å²) >= 11 is 0. The molecule has 7 nitrogen and oxygen atoms in total. The molecule has 27 heavy (non-hydrogen) atoms. The van der Waals surface area contributed by atoms with Gasteiger partial charge in [0.2, 0.25) is 5.75 Å². The molecule has 1 aromatic carbocycles. The molecular weight excluding hydrogens is 346 g/mol. The topological polar surface area (TPSA) is 65.7 Å². The van der Waals surface area contributed by atoms with E-state index >= 15 is 0 Å². The molecule has 0 bridgehead atoms. The quantitative estimate of drug-likeness (QED) is 0.451. The maximum absolute atomic E-state index is 12.0. The fourth-order valence-electron chi connectivity index (χ4n) is 3.58. The zero-order valence-corrected chi connectivity index (χ0v) is 17.2. The summed E-state index contributed by atoms with van der Waals surface area (Å²) < 4.78 is 16.4. The van der Waals surface area contributed by atoms with Gasteiger partial charge >= 0.3 is 0 Å². The molecule has 2 rings (SSSR count). The van der Waals surface area contributed by atoms with E-state index in [2.05, 4.69) is 12.2 Å². The first-order valence-electron chi connectivity index (χ1n) is 9.84. The van der Waals surface area contributed by atoms with Crippen molar-refractivity contribution in [3.8, 4) is 17.2 Å². The standard InChI is InChI=1S/C20H33N3O4/c1-5-6-9-21-18(24)15-23-12-10-22(11-13-23)14-16-7-8-17(25-2)20(27-4)19(16)26-3/h7-8H,5-6,9-15H2,1-4H3,(H,21,24)/p+2. The first-order valence-corrected chi connectivity index (χ1v) is 9.84. The fourth-order valence-corrected chi connectivity index (χ4v) is 3.58. The molecular formula is C20H35N3O4+2. The molecule has 1 fully saturated rings. The van der Waals surface area contributed by atoms with Gasteiger partial charge in [0, 0.05) is 6.54 Å². The molecule has 3 N–H and O–H groups in total. The first kappa shape index (κ1) is 21.3. The molecule has 0 saturated carbocycles. The van der Waals surface area contributed by atoms with Gasteiger partial charge in [-0.2, -0.15) is 0 Å². The number of ether oxygens (including phenoxy) is 3. The van der Waals surface area contributed by atoms with Crippen molar-refractivity contribution in [2.24, 2.45) is 0 Å². The summed E-state index contributed by atoms with van der Waals surface area (Å²) in [7, 11) is 4.92. The minimum Gasteiger partial charge on any atom is -0.493 e. The van der Waals surface area contributed by atoms with Gasteiger partial charge in [0.25, 0.3) is 5.91 Å². The summed E-state index contributed by atoms with van der Waals surface area (Å²) in [5, 5.41) is 3.01. The van der Waals surface area contributed by atoms with E-state index in [-0.39, 0.29) is 5.91 Å². The predicted molar refractivity (Wildman–Crippen MR) is 104 cm³/mol. The van der Waals surface area contributed by atoms with Gasteiger partial charge < -0.3 is 29.3 Å².